The number of alkyl halides is 3. The molecule has 2 aliphatic carbocycles. The van der Waals surface area contributed by atoms with Crippen LogP contribution in [0.25, 0.3) is 0 Å². The molecule has 1 amide bonds. The van der Waals surface area contributed by atoms with Crippen LogP contribution < -0.4 is 5.32 Å². The third kappa shape index (κ3) is 7.38. The SMILES string of the molecule is Cc1cc(SC2CC3(CCN(C(=O)OC(C)(C)C)CC3)C2)ccc1Nc1ncc(C(F)(F)F)c(C2CCC3(CC2)OCCO3)n1. The van der Waals surface area contributed by atoms with Crippen LogP contribution in [0, 0.1) is 12.3 Å². The first-order chi connectivity index (χ1) is 21.2. The summed E-state index contributed by atoms with van der Waals surface area (Å²) in [6, 6.07) is 6.10. The van der Waals surface area contributed by atoms with Gasteiger partial charge in [-0.05, 0) is 95.4 Å². The first-order valence-corrected chi connectivity index (χ1v) is 16.8. The summed E-state index contributed by atoms with van der Waals surface area (Å²) in [6.45, 7) is 10.2. The van der Waals surface area contributed by atoms with E-state index in [9.17, 15) is 18.0 Å². The molecule has 45 heavy (non-hydrogen) atoms. The average Bonchev–Trinajstić information content (AvgIpc) is 3.40. The van der Waals surface area contributed by atoms with Gasteiger partial charge in [0.1, 0.15) is 5.60 Å². The summed E-state index contributed by atoms with van der Waals surface area (Å²) in [5, 5.41) is 3.69. The summed E-state index contributed by atoms with van der Waals surface area (Å²) in [4.78, 5) is 23.9. The lowest BCUT2D eigenvalue weighted by molar-refractivity contribution is -0.179. The largest absolute Gasteiger partial charge is 0.444 e. The molecule has 246 valence electrons. The lowest BCUT2D eigenvalue weighted by Gasteiger charge is -2.52. The minimum absolute atomic E-state index is 0.0357. The van der Waals surface area contributed by atoms with Crippen molar-refractivity contribution in [2.45, 2.75) is 113 Å². The second-order valence-corrected chi connectivity index (χ2v) is 15.5. The number of piperidine rings is 1. The monoisotopic (exact) mass is 648 g/mol. The molecule has 2 aromatic rings. The minimum Gasteiger partial charge on any atom is -0.444 e. The topological polar surface area (TPSA) is 85.8 Å². The first-order valence-electron chi connectivity index (χ1n) is 16.0. The Morgan fingerprint density at radius 3 is 2.33 bits per heavy atom. The highest BCUT2D eigenvalue weighted by atomic mass is 32.2. The van der Waals surface area contributed by atoms with Gasteiger partial charge in [0.05, 0.1) is 24.5 Å². The average molecular weight is 649 g/mol. The molecule has 0 atom stereocenters. The predicted molar refractivity (Wildman–Crippen MR) is 166 cm³/mol. The van der Waals surface area contributed by atoms with Crippen LogP contribution in [0.15, 0.2) is 29.3 Å². The van der Waals surface area contributed by atoms with Crippen molar-refractivity contribution in [1.29, 1.82) is 0 Å². The van der Waals surface area contributed by atoms with Crippen molar-refractivity contribution in [1.82, 2.24) is 14.9 Å². The number of nitrogens with zero attached hydrogens (tertiary/aromatic N) is 3. The van der Waals surface area contributed by atoms with Crippen LogP contribution >= 0.6 is 11.8 Å². The Balaban J connectivity index is 1.05. The Kier molecular flexibility index (Phi) is 8.79. The lowest BCUT2D eigenvalue weighted by Crippen LogP contribution is -2.50. The van der Waals surface area contributed by atoms with E-state index in [0.717, 1.165) is 61.1 Å². The lowest BCUT2D eigenvalue weighted by atomic mass is 9.63. The number of hydrogen-bond donors (Lipinski definition) is 1. The fraction of sp³-hybridized carbons (Fsp3) is 0.667. The van der Waals surface area contributed by atoms with E-state index in [4.69, 9.17) is 14.2 Å². The maximum atomic E-state index is 14.0. The second-order valence-electron chi connectivity index (χ2n) is 14.1. The first kappa shape index (κ1) is 32.4. The maximum absolute atomic E-state index is 14.0. The molecule has 12 heteroatoms. The molecule has 1 aromatic carbocycles. The summed E-state index contributed by atoms with van der Waals surface area (Å²) in [5.74, 6) is -0.841. The van der Waals surface area contributed by atoms with Crippen molar-refractivity contribution in [3.63, 3.8) is 0 Å². The number of likely N-dealkylation sites (tertiary alicyclic amines) is 1. The molecule has 3 heterocycles. The molecule has 0 bridgehead atoms. The number of rotatable bonds is 5. The quantitative estimate of drug-likeness (QED) is 0.347. The van der Waals surface area contributed by atoms with Gasteiger partial charge in [-0.1, -0.05) is 0 Å². The van der Waals surface area contributed by atoms with E-state index in [1.807, 2.05) is 56.5 Å². The van der Waals surface area contributed by atoms with Crippen molar-refractivity contribution < 1.29 is 32.2 Å². The molecule has 2 aliphatic heterocycles. The second kappa shape index (κ2) is 12.2. The van der Waals surface area contributed by atoms with Crippen LogP contribution in [0.5, 0.6) is 0 Å². The zero-order valence-electron chi connectivity index (χ0n) is 26.5. The van der Waals surface area contributed by atoms with Crippen molar-refractivity contribution in [3.05, 3.63) is 41.2 Å². The Morgan fingerprint density at radius 2 is 1.73 bits per heavy atom. The number of benzene rings is 1. The normalized spacial score (nSPS) is 23.3. The Labute approximate surface area is 267 Å². The minimum atomic E-state index is -4.53. The summed E-state index contributed by atoms with van der Waals surface area (Å²) >= 11 is 1.87. The van der Waals surface area contributed by atoms with Crippen molar-refractivity contribution >= 4 is 29.5 Å². The molecule has 1 aromatic heterocycles. The number of halogens is 3. The van der Waals surface area contributed by atoms with E-state index < -0.39 is 23.1 Å². The summed E-state index contributed by atoms with van der Waals surface area (Å²) in [7, 11) is 0. The molecular formula is C33H43F3N4O4S. The number of ether oxygens (including phenoxy) is 3. The van der Waals surface area contributed by atoms with Crippen LogP contribution in [0.3, 0.4) is 0 Å². The van der Waals surface area contributed by atoms with E-state index in [0.29, 0.717) is 49.6 Å². The molecule has 2 spiro atoms. The van der Waals surface area contributed by atoms with E-state index in [-0.39, 0.29) is 23.7 Å². The summed E-state index contributed by atoms with van der Waals surface area (Å²) < 4.78 is 58.9. The summed E-state index contributed by atoms with van der Waals surface area (Å²) in [5.41, 5.74) is 0.815. The van der Waals surface area contributed by atoms with Crippen LogP contribution in [0.4, 0.5) is 29.6 Å². The highest BCUT2D eigenvalue weighted by Gasteiger charge is 2.47. The fourth-order valence-electron chi connectivity index (χ4n) is 7.15. The fourth-order valence-corrected chi connectivity index (χ4v) is 8.80. The Morgan fingerprint density at radius 1 is 1.07 bits per heavy atom. The van der Waals surface area contributed by atoms with E-state index in [1.54, 1.807) is 0 Å². The standard InChI is InChI=1S/C33H43F3N4O4S/c1-21-17-23(45-24-18-31(19-24)11-13-40(14-12-31)29(41)44-30(2,3)4)5-6-26(21)38-28-37-20-25(33(34,35)36)27(39-28)22-7-9-32(10-8-22)42-15-16-43-32/h5-6,17,20,22,24H,7-16,18-19H2,1-4H3,(H,37,38,39). The molecule has 4 fully saturated rings. The van der Waals surface area contributed by atoms with Gasteiger partial charge in [-0.25, -0.2) is 14.8 Å². The molecule has 8 nitrogen and oxygen atoms in total. The van der Waals surface area contributed by atoms with Gasteiger partial charge in [0.15, 0.2) is 5.79 Å². The van der Waals surface area contributed by atoms with Crippen molar-refractivity contribution in [3.8, 4) is 0 Å². The predicted octanol–water partition coefficient (Wildman–Crippen LogP) is 8.22. The van der Waals surface area contributed by atoms with Gasteiger partial charge in [-0.2, -0.15) is 13.2 Å². The molecule has 6 rings (SSSR count). The zero-order valence-corrected chi connectivity index (χ0v) is 27.3. The van der Waals surface area contributed by atoms with Crippen LogP contribution in [-0.2, 0) is 20.4 Å². The van der Waals surface area contributed by atoms with E-state index in [2.05, 4.69) is 21.4 Å². The number of aryl methyl sites for hydroxylation is 1. The zero-order chi connectivity index (χ0) is 32.0. The van der Waals surface area contributed by atoms with Gasteiger partial charge in [0.2, 0.25) is 5.95 Å². The highest BCUT2D eigenvalue weighted by molar-refractivity contribution is 8.00. The maximum Gasteiger partial charge on any atom is 0.419 e. The van der Waals surface area contributed by atoms with Crippen molar-refractivity contribution in [2.24, 2.45) is 5.41 Å². The van der Waals surface area contributed by atoms with Crippen LogP contribution in [-0.4, -0.2) is 63.9 Å². The molecule has 2 saturated heterocycles. The van der Waals surface area contributed by atoms with Gasteiger partial charge in [-0.3, -0.25) is 0 Å². The molecule has 1 N–H and O–H groups in total. The van der Waals surface area contributed by atoms with E-state index >= 15 is 0 Å². The number of hydrogen-bond acceptors (Lipinski definition) is 8. The molecule has 2 saturated carbocycles. The third-order valence-corrected chi connectivity index (χ3v) is 10.8. The molecular weight excluding hydrogens is 605 g/mol. The van der Waals surface area contributed by atoms with Crippen LogP contribution in [0.2, 0.25) is 0 Å². The van der Waals surface area contributed by atoms with Gasteiger partial charge in [0.25, 0.3) is 0 Å². The number of anilines is 2. The Bertz CT molecular complexity index is 1380. The Hall–Kier alpha value is -2.57. The van der Waals surface area contributed by atoms with Crippen LogP contribution in [0.1, 0.15) is 94.9 Å². The molecule has 0 unspecified atom stereocenters. The molecule has 0 radical (unpaired) electrons. The smallest absolute Gasteiger partial charge is 0.419 e. The number of aromatic nitrogens is 2. The number of carbonyl (C=O) groups excluding carboxylic acids is 1. The molecule has 4 aliphatic rings. The number of carbonyl (C=O) groups is 1. The van der Waals surface area contributed by atoms with Crippen molar-refractivity contribution in [2.75, 3.05) is 31.6 Å². The van der Waals surface area contributed by atoms with E-state index in [1.165, 1.54) is 0 Å². The highest BCUT2D eigenvalue weighted by Crippen LogP contribution is 2.55. The van der Waals surface area contributed by atoms with Gasteiger partial charge < -0.3 is 24.4 Å². The van der Waals surface area contributed by atoms with Gasteiger partial charge in [0, 0.05) is 53.9 Å². The number of nitrogens with one attached hydrogen (secondary N) is 1. The van der Waals surface area contributed by atoms with Gasteiger partial charge >= 0.3 is 12.3 Å². The summed E-state index contributed by atoms with van der Waals surface area (Å²) in [6.07, 6.45) is 2.52. The third-order valence-electron chi connectivity index (χ3n) is 9.62. The van der Waals surface area contributed by atoms with Gasteiger partial charge in [-0.15, -0.1) is 11.8 Å². The number of amides is 1. The number of thioether (sulfide) groups is 1.